The molecule has 0 saturated carbocycles. The van der Waals surface area contributed by atoms with Crippen LogP contribution in [0, 0.1) is 0 Å². The molecular formula is C13H18NO. The summed E-state index contributed by atoms with van der Waals surface area (Å²) in [4.78, 5) is 0. The fourth-order valence-electron chi connectivity index (χ4n) is 2.08. The molecule has 0 aromatic heterocycles. The Labute approximate surface area is 91.6 Å². The summed E-state index contributed by atoms with van der Waals surface area (Å²) in [6.45, 7) is 4.61. The fourth-order valence-corrected chi connectivity index (χ4v) is 2.08. The van der Waals surface area contributed by atoms with Crippen LogP contribution in [0.15, 0.2) is 30.3 Å². The van der Waals surface area contributed by atoms with Gasteiger partial charge in [-0.1, -0.05) is 37.3 Å². The van der Waals surface area contributed by atoms with E-state index in [1.165, 1.54) is 5.56 Å². The Bertz CT molecular complexity index is 291. The first-order chi connectivity index (χ1) is 7.35. The van der Waals surface area contributed by atoms with Crippen LogP contribution in [0.4, 0.5) is 0 Å². The van der Waals surface area contributed by atoms with Crippen molar-refractivity contribution < 1.29 is 4.74 Å². The van der Waals surface area contributed by atoms with E-state index in [1.54, 1.807) is 0 Å². The summed E-state index contributed by atoms with van der Waals surface area (Å²) in [5.41, 5.74) is 1.38. The van der Waals surface area contributed by atoms with E-state index in [0.717, 1.165) is 32.6 Å². The Hall–Kier alpha value is -0.860. The molecule has 1 aliphatic rings. The highest BCUT2D eigenvalue weighted by molar-refractivity contribution is 5.18. The number of hydrogen-bond donors (Lipinski definition) is 0. The van der Waals surface area contributed by atoms with Gasteiger partial charge < -0.3 is 4.74 Å². The number of rotatable bonds is 3. The quantitative estimate of drug-likeness (QED) is 0.738. The van der Waals surface area contributed by atoms with E-state index in [4.69, 9.17) is 10.1 Å². The van der Waals surface area contributed by atoms with Crippen molar-refractivity contribution in [2.24, 2.45) is 0 Å². The Morgan fingerprint density at radius 3 is 2.73 bits per heavy atom. The topological polar surface area (TPSA) is 23.3 Å². The molecule has 0 N–H and O–H groups in total. The van der Waals surface area contributed by atoms with Crippen molar-refractivity contribution in [1.29, 1.82) is 0 Å². The second-order valence-corrected chi connectivity index (χ2v) is 4.17. The molecule has 2 rings (SSSR count). The van der Waals surface area contributed by atoms with Gasteiger partial charge in [-0.2, -0.15) is 0 Å². The molecule has 15 heavy (non-hydrogen) atoms. The van der Waals surface area contributed by atoms with Crippen LogP contribution < -0.4 is 5.32 Å². The molecule has 1 unspecified atom stereocenters. The van der Waals surface area contributed by atoms with Crippen molar-refractivity contribution in [2.75, 3.05) is 19.8 Å². The Morgan fingerprint density at radius 1 is 1.33 bits per heavy atom. The molecule has 0 amide bonds. The molecule has 2 heteroatoms. The Morgan fingerprint density at radius 2 is 2.13 bits per heavy atom. The van der Waals surface area contributed by atoms with Crippen molar-refractivity contribution in [1.82, 2.24) is 5.32 Å². The van der Waals surface area contributed by atoms with E-state index in [-0.39, 0.29) is 5.54 Å². The third-order valence-corrected chi connectivity index (χ3v) is 3.09. The lowest BCUT2D eigenvalue weighted by molar-refractivity contribution is 0.0223. The van der Waals surface area contributed by atoms with Crippen molar-refractivity contribution in [2.45, 2.75) is 25.3 Å². The van der Waals surface area contributed by atoms with Crippen molar-refractivity contribution >= 4 is 0 Å². The number of morpholine rings is 1. The molecule has 81 valence electrons. The maximum Gasteiger partial charge on any atom is 0.0667 e. The third-order valence-electron chi connectivity index (χ3n) is 3.09. The smallest absolute Gasteiger partial charge is 0.0667 e. The van der Waals surface area contributed by atoms with Gasteiger partial charge in [-0.15, -0.1) is 0 Å². The number of hydrogen-bond acceptors (Lipinski definition) is 1. The van der Waals surface area contributed by atoms with Gasteiger partial charge in [0.15, 0.2) is 0 Å². The molecule has 1 atom stereocenters. The van der Waals surface area contributed by atoms with Gasteiger partial charge in [0, 0.05) is 6.54 Å². The maximum atomic E-state index is 5.55. The lowest BCUT2D eigenvalue weighted by Gasteiger charge is -2.36. The van der Waals surface area contributed by atoms with Crippen LogP contribution in [0.1, 0.15) is 18.9 Å². The number of benzene rings is 1. The normalized spacial score (nSPS) is 26.5. The standard InChI is InChI=1S/C13H18NO/c1-2-13(11-15-9-8-14-13)10-12-6-4-3-5-7-12/h3-7H,2,8-11H2,1H3. The Kier molecular flexibility index (Phi) is 3.39. The molecule has 1 radical (unpaired) electrons. The zero-order chi connectivity index (χ0) is 10.6. The molecule has 1 aromatic carbocycles. The minimum atomic E-state index is 0.0274. The predicted molar refractivity (Wildman–Crippen MR) is 61.0 cm³/mol. The average molecular weight is 204 g/mol. The van der Waals surface area contributed by atoms with Gasteiger partial charge in [0.25, 0.3) is 0 Å². The largest absolute Gasteiger partial charge is 0.378 e. The van der Waals surface area contributed by atoms with E-state index < -0.39 is 0 Å². The summed E-state index contributed by atoms with van der Waals surface area (Å²) in [5.74, 6) is 0. The molecule has 0 spiro atoms. The predicted octanol–water partition coefficient (Wildman–Crippen LogP) is 2.01. The molecule has 0 bridgehead atoms. The average Bonchev–Trinajstić information content (AvgIpc) is 2.32. The van der Waals surface area contributed by atoms with Crippen LogP contribution in [0.2, 0.25) is 0 Å². The summed E-state index contributed by atoms with van der Waals surface area (Å²) in [6.07, 6.45) is 2.06. The third kappa shape index (κ3) is 2.58. The van der Waals surface area contributed by atoms with Gasteiger partial charge in [-0.25, -0.2) is 5.32 Å². The molecule has 1 aliphatic heterocycles. The second-order valence-electron chi connectivity index (χ2n) is 4.17. The zero-order valence-corrected chi connectivity index (χ0v) is 9.28. The van der Waals surface area contributed by atoms with Gasteiger partial charge in [0.05, 0.1) is 18.8 Å². The zero-order valence-electron chi connectivity index (χ0n) is 9.28. The molecule has 1 heterocycles. The summed E-state index contributed by atoms with van der Waals surface area (Å²) in [5, 5.41) is 4.75. The lowest BCUT2D eigenvalue weighted by atomic mass is 9.88. The van der Waals surface area contributed by atoms with Gasteiger partial charge in [0.2, 0.25) is 0 Å². The molecule has 1 fully saturated rings. The van der Waals surface area contributed by atoms with Gasteiger partial charge >= 0.3 is 0 Å². The molecule has 1 saturated heterocycles. The maximum absolute atomic E-state index is 5.55. The summed E-state index contributed by atoms with van der Waals surface area (Å²) < 4.78 is 5.55. The van der Waals surface area contributed by atoms with E-state index in [9.17, 15) is 0 Å². The van der Waals surface area contributed by atoms with Crippen molar-refractivity contribution in [3.63, 3.8) is 0 Å². The SMILES string of the molecule is CCC1(Cc2ccccc2)COCC[N]1. The number of nitrogens with zero attached hydrogens (tertiary/aromatic N) is 1. The van der Waals surface area contributed by atoms with Crippen LogP contribution in [0.3, 0.4) is 0 Å². The highest BCUT2D eigenvalue weighted by Gasteiger charge is 2.31. The van der Waals surface area contributed by atoms with Crippen molar-refractivity contribution in [3.8, 4) is 0 Å². The first kappa shape index (κ1) is 10.7. The molecule has 1 aromatic rings. The molecule has 0 aliphatic carbocycles. The van der Waals surface area contributed by atoms with Gasteiger partial charge in [0.1, 0.15) is 0 Å². The highest BCUT2D eigenvalue weighted by Crippen LogP contribution is 2.21. The minimum absolute atomic E-state index is 0.0274. The summed E-state index contributed by atoms with van der Waals surface area (Å²) in [7, 11) is 0. The minimum Gasteiger partial charge on any atom is -0.378 e. The van der Waals surface area contributed by atoms with Crippen LogP contribution >= 0.6 is 0 Å². The number of ether oxygens (including phenoxy) is 1. The van der Waals surface area contributed by atoms with E-state index in [1.807, 2.05) is 0 Å². The van der Waals surface area contributed by atoms with Crippen LogP contribution in [0.25, 0.3) is 0 Å². The van der Waals surface area contributed by atoms with Crippen LogP contribution in [-0.4, -0.2) is 25.3 Å². The van der Waals surface area contributed by atoms with Crippen molar-refractivity contribution in [3.05, 3.63) is 35.9 Å². The summed E-state index contributed by atoms with van der Waals surface area (Å²) >= 11 is 0. The first-order valence-electron chi connectivity index (χ1n) is 5.65. The lowest BCUT2D eigenvalue weighted by Crippen LogP contribution is -2.50. The Balaban J connectivity index is 2.07. The fraction of sp³-hybridized carbons (Fsp3) is 0.538. The molecule has 2 nitrogen and oxygen atoms in total. The van der Waals surface area contributed by atoms with E-state index in [0.29, 0.717) is 0 Å². The van der Waals surface area contributed by atoms with Gasteiger partial charge in [-0.05, 0) is 18.4 Å². The van der Waals surface area contributed by atoms with Crippen LogP contribution in [0.5, 0.6) is 0 Å². The first-order valence-corrected chi connectivity index (χ1v) is 5.65. The summed E-state index contributed by atoms with van der Waals surface area (Å²) in [6, 6.07) is 10.6. The van der Waals surface area contributed by atoms with E-state index in [2.05, 4.69) is 37.3 Å². The van der Waals surface area contributed by atoms with E-state index >= 15 is 0 Å². The second kappa shape index (κ2) is 4.77. The van der Waals surface area contributed by atoms with Crippen LogP contribution in [-0.2, 0) is 11.2 Å². The molecular weight excluding hydrogens is 186 g/mol. The van der Waals surface area contributed by atoms with Gasteiger partial charge in [-0.3, -0.25) is 0 Å². The highest BCUT2D eigenvalue weighted by atomic mass is 16.5. The monoisotopic (exact) mass is 204 g/mol.